The van der Waals surface area contributed by atoms with Crippen LogP contribution in [0, 0.1) is 0 Å². The molecule has 0 amide bonds. The molecule has 0 radical (unpaired) electrons. The molecular weight excluding hydrogens is 260 g/mol. The smallest absolute Gasteiger partial charge is 0.0568 e. The van der Waals surface area contributed by atoms with Gasteiger partial charge in [0.25, 0.3) is 0 Å². The number of nitrogens with zero attached hydrogens (tertiary/aromatic N) is 1. The Morgan fingerprint density at radius 2 is 1.62 bits per heavy atom. The van der Waals surface area contributed by atoms with Crippen LogP contribution in [-0.4, -0.2) is 42.3 Å². The van der Waals surface area contributed by atoms with Crippen molar-refractivity contribution in [3.05, 3.63) is 35.4 Å². The monoisotopic (exact) mass is 288 g/mol. The lowest BCUT2D eigenvalue weighted by Crippen LogP contribution is -2.60. The minimum atomic E-state index is 0.124. The van der Waals surface area contributed by atoms with Gasteiger partial charge < -0.3 is 10.5 Å². The summed E-state index contributed by atoms with van der Waals surface area (Å²) in [6.07, 6.45) is 5.02. The average Bonchev–Trinajstić information content (AvgIpc) is 2.69. The summed E-state index contributed by atoms with van der Waals surface area (Å²) in [5.74, 6) is 0. The van der Waals surface area contributed by atoms with Crippen LogP contribution in [0.5, 0.6) is 0 Å². The Morgan fingerprint density at radius 3 is 2.10 bits per heavy atom. The van der Waals surface area contributed by atoms with Crippen molar-refractivity contribution in [1.82, 2.24) is 4.90 Å². The molecule has 3 heteroatoms. The van der Waals surface area contributed by atoms with E-state index in [1.54, 1.807) is 0 Å². The molecular formula is C18H28N2O. The van der Waals surface area contributed by atoms with Crippen LogP contribution < -0.4 is 5.73 Å². The highest BCUT2D eigenvalue weighted by atomic mass is 16.5. The second-order valence-electron chi connectivity index (χ2n) is 6.85. The highest BCUT2D eigenvalue weighted by Crippen LogP contribution is 2.34. The van der Waals surface area contributed by atoms with Crippen LogP contribution in [0.2, 0.25) is 0 Å². The van der Waals surface area contributed by atoms with Crippen LogP contribution in [0.1, 0.15) is 37.8 Å². The van der Waals surface area contributed by atoms with E-state index in [1.165, 1.54) is 11.1 Å². The summed E-state index contributed by atoms with van der Waals surface area (Å²) < 4.78 is 5.94. The molecule has 1 aromatic carbocycles. The van der Waals surface area contributed by atoms with Gasteiger partial charge in [-0.05, 0) is 50.7 Å². The normalized spacial score (nSPS) is 34.2. The standard InChI is InChI=1S/C18H28N2O/c1-14-11-18(13-19,12-15(2)21-14)20-9-7-16-5-3-4-6-17(16)8-10-20/h3-6,14-15H,7-13,19H2,1-2H3. The molecule has 2 atom stereocenters. The molecule has 0 aliphatic carbocycles. The van der Waals surface area contributed by atoms with E-state index in [4.69, 9.17) is 10.5 Å². The van der Waals surface area contributed by atoms with E-state index in [0.717, 1.165) is 45.3 Å². The SMILES string of the molecule is CC1CC(CN)(N2CCc3ccccc3CC2)CC(C)O1. The maximum atomic E-state index is 6.25. The minimum Gasteiger partial charge on any atom is -0.375 e. The van der Waals surface area contributed by atoms with Crippen LogP contribution in [-0.2, 0) is 17.6 Å². The van der Waals surface area contributed by atoms with Crippen molar-refractivity contribution in [1.29, 1.82) is 0 Å². The first kappa shape index (κ1) is 15.0. The van der Waals surface area contributed by atoms with Crippen molar-refractivity contribution in [3.8, 4) is 0 Å². The van der Waals surface area contributed by atoms with Gasteiger partial charge in [-0.2, -0.15) is 0 Å². The topological polar surface area (TPSA) is 38.5 Å². The van der Waals surface area contributed by atoms with E-state index < -0.39 is 0 Å². The zero-order chi connectivity index (χ0) is 14.9. The molecule has 2 heterocycles. The third-order valence-corrected chi connectivity index (χ3v) is 5.27. The van der Waals surface area contributed by atoms with E-state index in [9.17, 15) is 0 Å². The predicted molar refractivity (Wildman–Crippen MR) is 86.5 cm³/mol. The van der Waals surface area contributed by atoms with Crippen LogP contribution >= 0.6 is 0 Å². The number of hydrogen-bond acceptors (Lipinski definition) is 3. The Balaban J connectivity index is 1.80. The fraction of sp³-hybridized carbons (Fsp3) is 0.667. The van der Waals surface area contributed by atoms with Crippen molar-refractivity contribution in [2.75, 3.05) is 19.6 Å². The highest BCUT2D eigenvalue weighted by Gasteiger charge is 2.42. The predicted octanol–water partition coefficient (Wildman–Crippen LogP) is 2.37. The van der Waals surface area contributed by atoms with Gasteiger partial charge in [-0.25, -0.2) is 0 Å². The van der Waals surface area contributed by atoms with E-state index in [0.29, 0.717) is 12.2 Å². The van der Waals surface area contributed by atoms with Crippen LogP contribution in [0.3, 0.4) is 0 Å². The summed E-state index contributed by atoms with van der Waals surface area (Å²) in [4.78, 5) is 2.66. The van der Waals surface area contributed by atoms with Crippen molar-refractivity contribution in [2.24, 2.45) is 5.73 Å². The van der Waals surface area contributed by atoms with E-state index in [-0.39, 0.29) is 5.54 Å². The highest BCUT2D eigenvalue weighted by molar-refractivity contribution is 5.29. The number of nitrogens with two attached hydrogens (primary N) is 1. The molecule has 3 rings (SSSR count). The molecule has 2 unspecified atom stereocenters. The summed E-state index contributed by atoms with van der Waals surface area (Å²) in [6, 6.07) is 8.88. The van der Waals surface area contributed by atoms with E-state index >= 15 is 0 Å². The Bertz CT molecular complexity index is 451. The van der Waals surface area contributed by atoms with Gasteiger partial charge in [0, 0.05) is 25.2 Å². The fourth-order valence-corrected chi connectivity index (χ4v) is 4.34. The van der Waals surface area contributed by atoms with Crippen molar-refractivity contribution in [2.45, 2.75) is 57.3 Å². The lowest BCUT2D eigenvalue weighted by atomic mass is 9.82. The Kier molecular flexibility index (Phi) is 4.34. The number of fused-ring (bicyclic) bond motifs is 1. The van der Waals surface area contributed by atoms with Crippen LogP contribution in [0.4, 0.5) is 0 Å². The van der Waals surface area contributed by atoms with Crippen molar-refractivity contribution in [3.63, 3.8) is 0 Å². The molecule has 2 N–H and O–H groups in total. The second-order valence-corrected chi connectivity index (χ2v) is 6.85. The number of rotatable bonds is 2. The molecule has 21 heavy (non-hydrogen) atoms. The summed E-state index contributed by atoms with van der Waals surface area (Å²) in [5, 5.41) is 0. The largest absolute Gasteiger partial charge is 0.375 e. The lowest BCUT2D eigenvalue weighted by molar-refractivity contribution is -0.102. The molecule has 0 bridgehead atoms. The van der Waals surface area contributed by atoms with Crippen molar-refractivity contribution >= 4 is 0 Å². The molecule has 1 saturated heterocycles. The Hall–Kier alpha value is -0.900. The first-order valence-electron chi connectivity index (χ1n) is 8.30. The van der Waals surface area contributed by atoms with Gasteiger partial charge in [-0.3, -0.25) is 4.90 Å². The number of benzene rings is 1. The van der Waals surface area contributed by atoms with Crippen LogP contribution in [0.25, 0.3) is 0 Å². The third kappa shape index (κ3) is 3.01. The van der Waals surface area contributed by atoms with Crippen molar-refractivity contribution < 1.29 is 4.74 Å². The summed E-state index contributed by atoms with van der Waals surface area (Å²) in [7, 11) is 0. The summed E-state index contributed by atoms with van der Waals surface area (Å²) in [5.41, 5.74) is 9.40. The molecule has 0 aromatic heterocycles. The maximum Gasteiger partial charge on any atom is 0.0568 e. The summed E-state index contributed by atoms with van der Waals surface area (Å²) in [6.45, 7) is 7.35. The maximum absolute atomic E-state index is 6.25. The number of hydrogen-bond donors (Lipinski definition) is 1. The van der Waals surface area contributed by atoms with E-state index in [1.807, 2.05) is 0 Å². The van der Waals surface area contributed by atoms with Crippen LogP contribution in [0.15, 0.2) is 24.3 Å². The molecule has 2 aliphatic heterocycles. The molecule has 1 fully saturated rings. The van der Waals surface area contributed by atoms with E-state index in [2.05, 4.69) is 43.0 Å². The number of ether oxygens (including phenoxy) is 1. The van der Waals surface area contributed by atoms with Gasteiger partial charge >= 0.3 is 0 Å². The Morgan fingerprint density at radius 1 is 1.10 bits per heavy atom. The molecule has 116 valence electrons. The molecule has 2 aliphatic rings. The van der Waals surface area contributed by atoms with Gasteiger partial charge in [0.15, 0.2) is 0 Å². The van der Waals surface area contributed by atoms with Gasteiger partial charge in [-0.1, -0.05) is 24.3 Å². The first-order valence-corrected chi connectivity index (χ1v) is 8.30. The lowest BCUT2D eigenvalue weighted by Gasteiger charge is -2.49. The first-order chi connectivity index (χ1) is 10.1. The van der Waals surface area contributed by atoms with Gasteiger partial charge in [0.1, 0.15) is 0 Å². The third-order valence-electron chi connectivity index (χ3n) is 5.27. The summed E-state index contributed by atoms with van der Waals surface area (Å²) >= 11 is 0. The molecule has 0 spiro atoms. The van der Waals surface area contributed by atoms with Gasteiger partial charge in [0.2, 0.25) is 0 Å². The average molecular weight is 288 g/mol. The quantitative estimate of drug-likeness (QED) is 0.908. The fourth-order valence-electron chi connectivity index (χ4n) is 4.34. The minimum absolute atomic E-state index is 0.124. The Labute approximate surface area is 128 Å². The molecule has 0 saturated carbocycles. The zero-order valence-electron chi connectivity index (χ0n) is 13.3. The molecule has 3 nitrogen and oxygen atoms in total. The molecule has 1 aromatic rings. The van der Waals surface area contributed by atoms with Gasteiger partial charge in [-0.15, -0.1) is 0 Å². The second kappa shape index (κ2) is 6.07. The zero-order valence-corrected chi connectivity index (χ0v) is 13.3. The van der Waals surface area contributed by atoms with Gasteiger partial charge in [0.05, 0.1) is 12.2 Å².